The third-order valence-corrected chi connectivity index (χ3v) is 3.81. The molecule has 1 saturated carbocycles. The van der Waals surface area contributed by atoms with Crippen LogP contribution in [0.25, 0.3) is 0 Å². The summed E-state index contributed by atoms with van der Waals surface area (Å²) in [6, 6.07) is 4.81. The van der Waals surface area contributed by atoms with Crippen LogP contribution in [0.15, 0.2) is 27.6 Å². The maximum atomic E-state index is 11.3. The molecule has 2 rings (SSSR count). The minimum atomic E-state index is -3.74. The second-order valence-corrected chi connectivity index (χ2v) is 6.34. The normalized spacial score (nSPS) is 16.1. The molecule has 0 atom stereocenters. The van der Waals surface area contributed by atoms with Gasteiger partial charge in [-0.25, -0.2) is 13.6 Å². The van der Waals surface area contributed by atoms with Crippen molar-refractivity contribution in [3.05, 3.63) is 22.7 Å². The van der Waals surface area contributed by atoms with Gasteiger partial charge in [0.15, 0.2) is 0 Å². The van der Waals surface area contributed by atoms with Gasteiger partial charge < -0.3 is 4.74 Å². The molecule has 1 aliphatic carbocycles. The molecular weight excluding hydrogens is 294 g/mol. The second-order valence-electron chi connectivity index (χ2n) is 3.89. The van der Waals surface area contributed by atoms with E-state index in [9.17, 15) is 8.42 Å². The lowest BCUT2D eigenvalue weighted by Crippen LogP contribution is -2.14. The summed E-state index contributed by atoms with van der Waals surface area (Å²) in [6.45, 7) is 0.560. The van der Waals surface area contributed by atoms with Crippen LogP contribution in [-0.2, 0) is 10.0 Å². The molecule has 1 aromatic carbocycles. The molecule has 1 fully saturated rings. The number of halogens is 1. The Hall–Kier alpha value is -0.590. The molecule has 0 saturated heterocycles. The smallest absolute Gasteiger partial charge is 0.241 e. The van der Waals surface area contributed by atoms with Gasteiger partial charge in [0.2, 0.25) is 10.0 Å². The molecule has 6 heteroatoms. The lowest BCUT2D eigenvalue weighted by atomic mass is 10.3. The van der Waals surface area contributed by atoms with Crippen molar-refractivity contribution in [1.29, 1.82) is 0 Å². The second kappa shape index (κ2) is 4.35. The Balaban J connectivity index is 2.27. The molecule has 0 heterocycles. The molecule has 0 radical (unpaired) electrons. The van der Waals surface area contributed by atoms with Crippen molar-refractivity contribution in [2.45, 2.75) is 17.7 Å². The molecule has 0 aliphatic heterocycles. The highest BCUT2D eigenvalue weighted by Gasteiger charge is 2.23. The summed E-state index contributed by atoms with van der Waals surface area (Å²) in [5.74, 6) is 0.898. The van der Waals surface area contributed by atoms with E-state index in [-0.39, 0.29) is 4.90 Å². The van der Waals surface area contributed by atoms with Crippen molar-refractivity contribution in [3.63, 3.8) is 0 Å². The number of benzene rings is 1. The maximum absolute atomic E-state index is 11.3. The number of ether oxygens (including phenoxy) is 1. The number of primary sulfonamides is 1. The maximum Gasteiger partial charge on any atom is 0.241 e. The van der Waals surface area contributed by atoms with Crippen molar-refractivity contribution in [1.82, 2.24) is 0 Å². The van der Waals surface area contributed by atoms with Crippen LogP contribution < -0.4 is 9.88 Å². The van der Waals surface area contributed by atoms with Gasteiger partial charge in [-0.2, -0.15) is 0 Å². The average Bonchev–Trinajstić information content (AvgIpc) is 2.98. The van der Waals surface area contributed by atoms with E-state index in [0.29, 0.717) is 22.7 Å². The Kier molecular flexibility index (Phi) is 3.23. The summed E-state index contributed by atoms with van der Waals surface area (Å²) < 4.78 is 28.8. The fourth-order valence-corrected chi connectivity index (χ4v) is 2.53. The van der Waals surface area contributed by atoms with Crippen LogP contribution in [0.5, 0.6) is 5.75 Å². The number of hydrogen-bond donors (Lipinski definition) is 1. The molecule has 0 spiro atoms. The summed E-state index contributed by atoms with van der Waals surface area (Å²) in [5.41, 5.74) is 0. The molecule has 0 amide bonds. The van der Waals surface area contributed by atoms with Gasteiger partial charge in [-0.1, -0.05) is 15.9 Å². The first-order valence-electron chi connectivity index (χ1n) is 4.92. The fraction of sp³-hybridized carbons (Fsp3) is 0.400. The minimum Gasteiger partial charge on any atom is -0.492 e. The van der Waals surface area contributed by atoms with E-state index in [4.69, 9.17) is 9.88 Å². The van der Waals surface area contributed by atoms with E-state index in [0.717, 1.165) is 12.8 Å². The van der Waals surface area contributed by atoms with E-state index < -0.39 is 10.0 Å². The van der Waals surface area contributed by atoms with Crippen LogP contribution in [0.1, 0.15) is 12.8 Å². The van der Waals surface area contributed by atoms with E-state index in [2.05, 4.69) is 15.9 Å². The zero-order chi connectivity index (χ0) is 11.8. The van der Waals surface area contributed by atoms with Gasteiger partial charge in [-0.15, -0.1) is 0 Å². The molecule has 2 N–H and O–H groups in total. The Labute approximate surface area is 103 Å². The lowest BCUT2D eigenvalue weighted by Gasteiger charge is -2.09. The van der Waals surface area contributed by atoms with Crippen LogP contribution in [0.4, 0.5) is 0 Å². The molecule has 4 nitrogen and oxygen atoms in total. The van der Waals surface area contributed by atoms with Crippen molar-refractivity contribution in [2.75, 3.05) is 6.61 Å². The number of hydrogen-bond acceptors (Lipinski definition) is 3. The van der Waals surface area contributed by atoms with E-state index in [1.165, 1.54) is 6.07 Å². The third-order valence-electron chi connectivity index (χ3n) is 2.38. The molecule has 0 bridgehead atoms. The zero-order valence-electron chi connectivity index (χ0n) is 8.52. The summed E-state index contributed by atoms with van der Waals surface area (Å²) >= 11 is 3.21. The van der Waals surface area contributed by atoms with Gasteiger partial charge in [0.1, 0.15) is 10.6 Å². The summed E-state index contributed by atoms with van der Waals surface area (Å²) in [6.07, 6.45) is 2.31. The summed E-state index contributed by atoms with van der Waals surface area (Å²) in [5, 5.41) is 5.12. The Morgan fingerprint density at radius 2 is 2.12 bits per heavy atom. The van der Waals surface area contributed by atoms with Crippen molar-refractivity contribution >= 4 is 26.0 Å². The fourth-order valence-electron chi connectivity index (χ4n) is 1.32. The molecule has 1 aliphatic rings. The summed E-state index contributed by atoms with van der Waals surface area (Å²) in [4.78, 5) is 0.0301. The SMILES string of the molecule is NS(=O)(=O)c1cc(Br)ccc1OCC1CC1. The van der Waals surface area contributed by atoms with Gasteiger partial charge in [-0.05, 0) is 37.0 Å². The average molecular weight is 306 g/mol. The zero-order valence-corrected chi connectivity index (χ0v) is 10.9. The van der Waals surface area contributed by atoms with Gasteiger partial charge in [-0.3, -0.25) is 0 Å². The Bertz CT molecular complexity index is 497. The number of nitrogens with two attached hydrogens (primary N) is 1. The highest BCUT2D eigenvalue weighted by molar-refractivity contribution is 9.10. The van der Waals surface area contributed by atoms with Crippen LogP contribution >= 0.6 is 15.9 Å². The van der Waals surface area contributed by atoms with Crippen LogP contribution in [0, 0.1) is 5.92 Å². The molecule has 88 valence electrons. The third kappa shape index (κ3) is 2.96. The van der Waals surface area contributed by atoms with Gasteiger partial charge in [0.05, 0.1) is 6.61 Å². The Morgan fingerprint density at radius 3 is 2.69 bits per heavy atom. The van der Waals surface area contributed by atoms with Crippen molar-refractivity contribution < 1.29 is 13.2 Å². The summed E-state index contributed by atoms with van der Waals surface area (Å²) in [7, 11) is -3.74. The minimum absolute atomic E-state index is 0.0301. The largest absolute Gasteiger partial charge is 0.492 e. The van der Waals surface area contributed by atoms with E-state index in [1.54, 1.807) is 12.1 Å². The highest BCUT2D eigenvalue weighted by Crippen LogP contribution is 2.32. The first-order chi connectivity index (χ1) is 7.47. The first-order valence-corrected chi connectivity index (χ1v) is 7.26. The Morgan fingerprint density at radius 1 is 1.44 bits per heavy atom. The quantitative estimate of drug-likeness (QED) is 0.923. The van der Waals surface area contributed by atoms with Gasteiger partial charge >= 0.3 is 0 Å². The van der Waals surface area contributed by atoms with E-state index in [1.807, 2.05) is 0 Å². The number of sulfonamides is 1. The highest BCUT2D eigenvalue weighted by atomic mass is 79.9. The van der Waals surface area contributed by atoms with Crippen LogP contribution in [-0.4, -0.2) is 15.0 Å². The standard InChI is InChI=1S/C10H12BrNO3S/c11-8-3-4-9(15-6-7-1-2-7)10(5-8)16(12,13)14/h3-5,7H,1-2,6H2,(H2,12,13,14). The molecular formula is C10H12BrNO3S. The monoisotopic (exact) mass is 305 g/mol. The topological polar surface area (TPSA) is 69.4 Å². The predicted octanol–water partition coefficient (Wildman–Crippen LogP) is 1.89. The molecule has 0 unspecified atom stereocenters. The van der Waals surface area contributed by atoms with Gasteiger partial charge in [0.25, 0.3) is 0 Å². The van der Waals surface area contributed by atoms with Crippen LogP contribution in [0.2, 0.25) is 0 Å². The van der Waals surface area contributed by atoms with E-state index >= 15 is 0 Å². The molecule has 0 aromatic heterocycles. The molecule has 16 heavy (non-hydrogen) atoms. The molecule has 1 aromatic rings. The van der Waals surface area contributed by atoms with Crippen molar-refractivity contribution in [2.24, 2.45) is 11.1 Å². The lowest BCUT2D eigenvalue weighted by molar-refractivity contribution is 0.292. The first kappa shape index (κ1) is 11.9. The van der Waals surface area contributed by atoms with Crippen LogP contribution in [0.3, 0.4) is 0 Å². The van der Waals surface area contributed by atoms with Gasteiger partial charge in [0, 0.05) is 4.47 Å². The number of rotatable bonds is 4. The van der Waals surface area contributed by atoms with Crippen molar-refractivity contribution in [3.8, 4) is 5.75 Å². The predicted molar refractivity (Wildman–Crippen MR) is 63.7 cm³/mol.